The third-order valence-electron chi connectivity index (χ3n) is 2.51. The molecule has 0 saturated heterocycles. The topological polar surface area (TPSA) is 63.2 Å². The lowest BCUT2D eigenvalue weighted by Crippen LogP contribution is -2.18. The molecule has 0 amide bonds. The monoisotopic (exact) mass is 269 g/mol. The summed E-state index contributed by atoms with van der Waals surface area (Å²) in [6.07, 6.45) is 0.613. The smallest absolute Gasteiger partial charge is 0.232 e. The van der Waals surface area contributed by atoms with Gasteiger partial charge in [-0.2, -0.15) is 0 Å². The average molecular weight is 269 g/mol. The molecule has 100 valence electrons. The summed E-state index contributed by atoms with van der Waals surface area (Å²) < 4.78 is 26.1. The van der Waals surface area contributed by atoms with Crippen molar-refractivity contribution in [3.05, 3.63) is 29.8 Å². The Hall–Kier alpha value is -1.36. The van der Waals surface area contributed by atoms with Gasteiger partial charge in [0.1, 0.15) is 0 Å². The molecule has 0 bridgehead atoms. The van der Waals surface area contributed by atoms with E-state index < -0.39 is 10.0 Å². The van der Waals surface area contributed by atoms with Gasteiger partial charge in [0.15, 0.2) is 5.78 Å². The molecular weight excluding hydrogens is 250 g/mol. The van der Waals surface area contributed by atoms with Gasteiger partial charge in [0.25, 0.3) is 0 Å². The Morgan fingerprint density at radius 3 is 2.56 bits per heavy atom. The Bertz CT molecular complexity index is 521. The zero-order valence-corrected chi connectivity index (χ0v) is 11.8. The van der Waals surface area contributed by atoms with Gasteiger partial charge in [-0.1, -0.05) is 26.0 Å². The van der Waals surface area contributed by atoms with Crippen molar-refractivity contribution in [2.75, 3.05) is 10.5 Å². The second-order valence-corrected chi connectivity index (χ2v) is 6.58. The van der Waals surface area contributed by atoms with Crippen molar-refractivity contribution in [3.63, 3.8) is 0 Å². The molecule has 0 aromatic heterocycles. The van der Waals surface area contributed by atoms with Crippen LogP contribution in [-0.2, 0) is 10.0 Å². The summed E-state index contributed by atoms with van der Waals surface area (Å²) in [4.78, 5) is 11.2. The van der Waals surface area contributed by atoms with Crippen LogP contribution in [-0.4, -0.2) is 20.0 Å². The largest absolute Gasteiger partial charge is 0.295 e. The number of nitrogens with one attached hydrogen (secondary N) is 1. The lowest BCUT2D eigenvalue weighted by atomic mass is 10.1. The first-order valence-corrected chi connectivity index (χ1v) is 7.57. The summed E-state index contributed by atoms with van der Waals surface area (Å²) in [5.74, 6) is 0.345. The van der Waals surface area contributed by atoms with E-state index in [2.05, 4.69) is 4.72 Å². The SMILES string of the molecule is CC(=O)c1cccc(NS(=O)(=O)CCC(C)C)c1. The Morgan fingerprint density at radius 2 is 2.00 bits per heavy atom. The number of hydrogen-bond donors (Lipinski definition) is 1. The molecule has 0 atom stereocenters. The molecule has 18 heavy (non-hydrogen) atoms. The predicted molar refractivity (Wildman–Crippen MR) is 73.3 cm³/mol. The van der Waals surface area contributed by atoms with Crippen molar-refractivity contribution >= 4 is 21.5 Å². The van der Waals surface area contributed by atoms with Crippen LogP contribution in [0.3, 0.4) is 0 Å². The molecule has 0 aliphatic carbocycles. The minimum atomic E-state index is -3.33. The highest BCUT2D eigenvalue weighted by Gasteiger charge is 2.12. The lowest BCUT2D eigenvalue weighted by Gasteiger charge is -2.10. The molecule has 0 aliphatic rings. The van der Waals surface area contributed by atoms with Gasteiger partial charge in [-0.15, -0.1) is 0 Å². The van der Waals surface area contributed by atoms with E-state index in [1.54, 1.807) is 24.3 Å². The van der Waals surface area contributed by atoms with Gasteiger partial charge in [0.2, 0.25) is 10.0 Å². The molecule has 1 rings (SSSR count). The number of sulfonamides is 1. The van der Waals surface area contributed by atoms with Gasteiger partial charge in [-0.05, 0) is 31.4 Å². The summed E-state index contributed by atoms with van der Waals surface area (Å²) in [6.45, 7) is 5.41. The van der Waals surface area contributed by atoms with Gasteiger partial charge in [-0.25, -0.2) is 8.42 Å². The van der Waals surface area contributed by atoms with Crippen LogP contribution in [0, 0.1) is 5.92 Å². The second kappa shape index (κ2) is 6.00. The van der Waals surface area contributed by atoms with Crippen molar-refractivity contribution in [1.29, 1.82) is 0 Å². The van der Waals surface area contributed by atoms with Gasteiger partial charge in [0.05, 0.1) is 5.75 Å². The van der Waals surface area contributed by atoms with Crippen LogP contribution in [0.4, 0.5) is 5.69 Å². The van der Waals surface area contributed by atoms with Crippen LogP contribution < -0.4 is 4.72 Å². The van der Waals surface area contributed by atoms with Crippen molar-refractivity contribution in [1.82, 2.24) is 0 Å². The molecule has 0 unspecified atom stereocenters. The van der Waals surface area contributed by atoms with Gasteiger partial charge in [0, 0.05) is 11.3 Å². The number of anilines is 1. The van der Waals surface area contributed by atoms with Crippen LogP contribution in [0.25, 0.3) is 0 Å². The van der Waals surface area contributed by atoms with E-state index in [1.165, 1.54) is 6.92 Å². The third kappa shape index (κ3) is 4.87. The molecule has 5 heteroatoms. The van der Waals surface area contributed by atoms with Gasteiger partial charge in [-0.3, -0.25) is 9.52 Å². The van der Waals surface area contributed by atoms with E-state index in [0.29, 0.717) is 23.6 Å². The maximum Gasteiger partial charge on any atom is 0.232 e. The first kappa shape index (κ1) is 14.7. The normalized spacial score (nSPS) is 11.6. The Morgan fingerprint density at radius 1 is 1.33 bits per heavy atom. The fourth-order valence-electron chi connectivity index (χ4n) is 1.42. The van der Waals surface area contributed by atoms with E-state index in [1.807, 2.05) is 13.8 Å². The average Bonchev–Trinajstić information content (AvgIpc) is 2.26. The molecule has 1 aromatic carbocycles. The summed E-state index contributed by atoms with van der Waals surface area (Å²) in [5.41, 5.74) is 0.936. The van der Waals surface area contributed by atoms with Crippen LogP contribution in [0.2, 0.25) is 0 Å². The first-order valence-electron chi connectivity index (χ1n) is 5.91. The van der Waals surface area contributed by atoms with Crippen LogP contribution in [0.5, 0.6) is 0 Å². The number of hydrogen-bond acceptors (Lipinski definition) is 3. The standard InChI is InChI=1S/C13H19NO3S/c1-10(2)7-8-18(16,17)14-13-6-4-5-12(9-13)11(3)15/h4-6,9-10,14H,7-8H2,1-3H3. The zero-order chi connectivity index (χ0) is 13.8. The number of Topliss-reactive ketones (excluding diaryl/α,β-unsaturated/α-hetero) is 1. The van der Waals surface area contributed by atoms with Gasteiger partial charge >= 0.3 is 0 Å². The summed E-state index contributed by atoms with van der Waals surface area (Å²) >= 11 is 0. The summed E-state index contributed by atoms with van der Waals surface area (Å²) in [5, 5.41) is 0. The molecule has 0 aliphatic heterocycles. The molecule has 0 heterocycles. The van der Waals surface area contributed by atoms with Crippen molar-refractivity contribution in [2.45, 2.75) is 27.2 Å². The van der Waals surface area contributed by atoms with Crippen LogP contribution in [0.15, 0.2) is 24.3 Å². The Labute approximate surface area is 108 Å². The highest BCUT2D eigenvalue weighted by Crippen LogP contribution is 2.14. The maximum atomic E-state index is 11.8. The molecule has 0 fully saturated rings. The highest BCUT2D eigenvalue weighted by atomic mass is 32.2. The van der Waals surface area contributed by atoms with E-state index >= 15 is 0 Å². The molecule has 0 spiro atoms. The Kier molecular flexibility index (Phi) is 4.90. The second-order valence-electron chi connectivity index (χ2n) is 4.74. The van der Waals surface area contributed by atoms with E-state index in [4.69, 9.17) is 0 Å². The van der Waals surface area contributed by atoms with E-state index in [9.17, 15) is 13.2 Å². The molecule has 0 radical (unpaired) electrons. The maximum absolute atomic E-state index is 11.8. The van der Waals surface area contributed by atoms with E-state index in [-0.39, 0.29) is 11.5 Å². The lowest BCUT2D eigenvalue weighted by molar-refractivity contribution is 0.101. The van der Waals surface area contributed by atoms with Gasteiger partial charge < -0.3 is 0 Å². The molecule has 4 nitrogen and oxygen atoms in total. The number of carbonyl (C=O) groups excluding carboxylic acids is 1. The minimum absolute atomic E-state index is 0.0850. The van der Waals surface area contributed by atoms with E-state index in [0.717, 1.165) is 0 Å². The third-order valence-corrected chi connectivity index (χ3v) is 3.83. The molecule has 1 N–H and O–H groups in total. The number of rotatable bonds is 6. The molecular formula is C13H19NO3S. The van der Waals surface area contributed by atoms with Crippen molar-refractivity contribution in [3.8, 4) is 0 Å². The van der Waals surface area contributed by atoms with Crippen molar-refractivity contribution < 1.29 is 13.2 Å². The highest BCUT2D eigenvalue weighted by molar-refractivity contribution is 7.92. The fraction of sp³-hybridized carbons (Fsp3) is 0.462. The number of benzene rings is 1. The Balaban J connectivity index is 2.78. The molecule has 0 saturated carbocycles. The molecule has 1 aromatic rings. The van der Waals surface area contributed by atoms with Crippen molar-refractivity contribution in [2.24, 2.45) is 5.92 Å². The van der Waals surface area contributed by atoms with Crippen LogP contribution >= 0.6 is 0 Å². The summed E-state index contributed by atoms with van der Waals surface area (Å²) in [7, 11) is -3.33. The van der Waals surface area contributed by atoms with Crippen LogP contribution in [0.1, 0.15) is 37.6 Å². The minimum Gasteiger partial charge on any atom is -0.295 e. The number of ketones is 1. The predicted octanol–water partition coefficient (Wildman–Crippen LogP) is 2.68. The fourth-order valence-corrected chi connectivity index (χ4v) is 2.79. The zero-order valence-electron chi connectivity index (χ0n) is 10.9. The first-order chi connectivity index (χ1) is 8.30. The summed E-state index contributed by atoms with van der Waals surface area (Å²) in [6, 6.07) is 6.51. The number of carbonyl (C=O) groups is 1. The quantitative estimate of drug-likeness (QED) is 0.808.